The van der Waals surface area contributed by atoms with Crippen LogP contribution in [0, 0.1) is 5.41 Å². The van der Waals surface area contributed by atoms with Crippen molar-refractivity contribution in [2.24, 2.45) is 5.41 Å². The molecule has 0 bridgehead atoms. The number of pyridine rings is 1. The van der Waals surface area contributed by atoms with E-state index < -0.39 is 5.92 Å². The lowest BCUT2D eigenvalue weighted by Gasteiger charge is -2.35. The first-order valence-electron chi connectivity index (χ1n) is 13.6. The number of fused-ring (bicyclic) bond motifs is 1. The van der Waals surface area contributed by atoms with Crippen molar-refractivity contribution < 1.29 is 18.0 Å². The average Bonchev–Trinajstić information content (AvgIpc) is 3.45. The van der Waals surface area contributed by atoms with Gasteiger partial charge in [-0.2, -0.15) is 0 Å². The summed E-state index contributed by atoms with van der Waals surface area (Å²) < 4.78 is 33.2. The van der Waals surface area contributed by atoms with E-state index in [9.17, 15) is 13.6 Å². The maximum Gasteiger partial charge on any atom is 0.258 e. The number of carbonyl (C=O) groups excluding carboxylic acids is 1. The second kappa shape index (κ2) is 9.74. The molecule has 0 radical (unpaired) electrons. The molecule has 6 nitrogen and oxygen atoms in total. The third kappa shape index (κ3) is 5.22. The van der Waals surface area contributed by atoms with Gasteiger partial charge in [0.05, 0.1) is 17.5 Å². The van der Waals surface area contributed by atoms with Crippen LogP contribution in [0.1, 0.15) is 62.7 Å². The second-order valence-electron chi connectivity index (χ2n) is 11.3. The molecule has 4 heterocycles. The van der Waals surface area contributed by atoms with E-state index in [-0.39, 0.29) is 31.8 Å². The van der Waals surface area contributed by atoms with Gasteiger partial charge in [0.15, 0.2) is 11.4 Å². The summed E-state index contributed by atoms with van der Waals surface area (Å²) in [5.41, 5.74) is 2.68. The van der Waals surface area contributed by atoms with E-state index in [0.717, 1.165) is 29.1 Å². The topological polar surface area (TPSA) is 61.6 Å². The number of hydrogen-bond donors (Lipinski definition) is 1. The molecule has 202 valence electrons. The fourth-order valence-electron chi connectivity index (χ4n) is 5.68. The highest BCUT2D eigenvalue weighted by Crippen LogP contribution is 2.54. The molecule has 1 saturated carbocycles. The molecule has 3 fully saturated rings. The van der Waals surface area contributed by atoms with E-state index in [1.54, 1.807) is 30.2 Å². The Hall–Kier alpha value is -2.81. The lowest BCUT2D eigenvalue weighted by Crippen LogP contribution is -2.39. The Bertz CT molecular complexity index is 1330. The number of thioether (sulfide) groups is 1. The average molecular weight is 541 g/mol. The number of nitrogens with zero attached hydrogens (tertiary/aromatic N) is 3. The summed E-state index contributed by atoms with van der Waals surface area (Å²) in [6.07, 6.45) is 6.11. The van der Waals surface area contributed by atoms with Crippen LogP contribution in [-0.2, 0) is 0 Å². The summed E-state index contributed by atoms with van der Waals surface area (Å²) in [6, 6.07) is 9.66. The molecule has 2 saturated heterocycles. The van der Waals surface area contributed by atoms with Gasteiger partial charge in [0.2, 0.25) is 0 Å². The number of piperidine rings is 2. The second-order valence-corrected chi connectivity index (χ2v) is 12.9. The van der Waals surface area contributed by atoms with Crippen LogP contribution in [0.25, 0.3) is 11.0 Å². The van der Waals surface area contributed by atoms with Gasteiger partial charge in [0.1, 0.15) is 5.82 Å². The first-order valence-corrected chi connectivity index (χ1v) is 14.5. The molecule has 0 unspecified atom stereocenters. The van der Waals surface area contributed by atoms with Gasteiger partial charge in [-0.05, 0) is 61.4 Å². The lowest BCUT2D eigenvalue weighted by atomic mass is 9.93. The molecule has 1 amide bonds. The van der Waals surface area contributed by atoms with Crippen molar-refractivity contribution in [3.8, 4) is 0 Å². The van der Waals surface area contributed by atoms with Gasteiger partial charge in [-0.15, -0.1) is 11.8 Å². The van der Waals surface area contributed by atoms with Crippen molar-refractivity contribution in [1.82, 2.24) is 4.98 Å². The van der Waals surface area contributed by atoms with Crippen LogP contribution in [0.4, 0.5) is 26.1 Å². The number of nitrogens with one attached hydrogen (secondary N) is 1. The van der Waals surface area contributed by atoms with Crippen LogP contribution < -0.4 is 15.1 Å². The van der Waals surface area contributed by atoms with Crippen LogP contribution in [0.5, 0.6) is 0 Å². The summed E-state index contributed by atoms with van der Waals surface area (Å²) in [7, 11) is 0. The van der Waals surface area contributed by atoms with Crippen LogP contribution in [-0.4, -0.2) is 48.2 Å². The smallest absolute Gasteiger partial charge is 0.258 e. The molecule has 2 aromatic heterocycles. The van der Waals surface area contributed by atoms with Crippen LogP contribution in [0.2, 0.25) is 0 Å². The highest BCUT2D eigenvalue weighted by atomic mass is 32.2. The fourth-order valence-corrected chi connectivity index (χ4v) is 6.55. The zero-order valence-electron chi connectivity index (χ0n) is 21.9. The number of halogens is 2. The zero-order valence-corrected chi connectivity index (χ0v) is 22.8. The number of aromatic nitrogens is 1. The highest BCUT2D eigenvalue weighted by molar-refractivity contribution is 7.99. The fraction of sp³-hybridized carbons (Fsp3) is 0.517. The van der Waals surface area contributed by atoms with E-state index in [4.69, 9.17) is 4.42 Å². The SMILES string of the molecule is CC(C)Sc1ccc(C(=O)Nc2cc3ccoc3c(N3CCC(F)(F)CC3)n2)c(N2CCC3(CC2)CC3)c1. The zero-order chi connectivity index (χ0) is 26.5. The predicted octanol–water partition coefficient (Wildman–Crippen LogP) is 7.20. The minimum Gasteiger partial charge on any atom is -0.460 e. The van der Waals surface area contributed by atoms with Crippen LogP contribution >= 0.6 is 11.8 Å². The third-order valence-corrected chi connectivity index (χ3v) is 9.16. The van der Waals surface area contributed by atoms with Gasteiger partial charge in [0, 0.05) is 54.6 Å². The molecule has 38 heavy (non-hydrogen) atoms. The molecule has 9 heteroatoms. The quantitative estimate of drug-likeness (QED) is 0.334. The Balaban J connectivity index is 1.28. The van der Waals surface area contributed by atoms with E-state index in [0.29, 0.717) is 33.4 Å². The Labute approximate surface area is 226 Å². The predicted molar refractivity (Wildman–Crippen MR) is 149 cm³/mol. The third-order valence-electron chi connectivity index (χ3n) is 8.16. The normalized spacial score (nSPS) is 20.3. The molecule has 2 aliphatic heterocycles. The largest absolute Gasteiger partial charge is 0.460 e. The molecular weight excluding hydrogens is 506 g/mol. The molecule has 0 atom stereocenters. The molecule has 1 spiro atoms. The van der Waals surface area contributed by atoms with Gasteiger partial charge in [-0.3, -0.25) is 4.79 Å². The molecular formula is C29H34F2N4O2S. The molecule has 1 N–H and O–H groups in total. The van der Waals surface area contributed by atoms with E-state index >= 15 is 0 Å². The summed E-state index contributed by atoms with van der Waals surface area (Å²) in [4.78, 5) is 23.7. The van der Waals surface area contributed by atoms with Crippen molar-refractivity contribution >= 4 is 46.0 Å². The van der Waals surface area contributed by atoms with Crippen molar-refractivity contribution in [3.05, 3.63) is 42.2 Å². The number of alkyl halides is 2. The molecule has 1 aromatic carbocycles. The number of carbonyl (C=O) groups is 1. The van der Waals surface area contributed by atoms with E-state index in [1.165, 1.54) is 25.7 Å². The molecule has 3 aliphatic rings. The van der Waals surface area contributed by atoms with Gasteiger partial charge >= 0.3 is 0 Å². The Morgan fingerprint density at radius 2 is 1.71 bits per heavy atom. The molecule has 6 rings (SSSR count). The van der Waals surface area contributed by atoms with Crippen molar-refractivity contribution in [3.63, 3.8) is 0 Å². The van der Waals surface area contributed by atoms with E-state index in [2.05, 4.69) is 35.1 Å². The first-order chi connectivity index (χ1) is 18.2. The summed E-state index contributed by atoms with van der Waals surface area (Å²) in [6.45, 7) is 6.62. The van der Waals surface area contributed by atoms with Crippen LogP contribution in [0.3, 0.4) is 0 Å². The van der Waals surface area contributed by atoms with Gasteiger partial charge in [0.25, 0.3) is 11.8 Å². The first kappa shape index (κ1) is 25.5. The van der Waals surface area contributed by atoms with Crippen molar-refractivity contribution in [1.29, 1.82) is 0 Å². The maximum atomic E-state index is 13.8. The maximum absolute atomic E-state index is 13.8. The number of hydrogen-bond acceptors (Lipinski definition) is 6. The number of rotatable bonds is 6. The Kier molecular flexibility index (Phi) is 6.53. The summed E-state index contributed by atoms with van der Waals surface area (Å²) in [5.74, 6) is -2.00. The monoisotopic (exact) mass is 540 g/mol. The van der Waals surface area contributed by atoms with Gasteiger partial charge < -0.3 is 19.5 Å². The summed E-state index contributed by atoms with van der Waals surface area (Å²) >= 11 is 1.79. The molecule has 1 aliphatic carbocycles. The van der Waals surface area contributed by atoms with Crippen molar-refractivity contribution in [2.45, 2.75) is 68.4 Å². The number of anilines is 3. The Morgan fingerprint density at radius 3 is 2.39 bits per heavy atom. The van der Waals surface area contributed by atoms with Gasteiger partial charge in [-0.25, -0.2) is 13.8 Å². The lowest BCUT2D eigenvalue weighted by molar-refractivity contribution is -0.0221. The van der Waals surface area contributed by atoms with Gasteiger partial charge in [-0.1, -0.05) is 13.8 Å². The number of benzene rings is 1. The minimum absolute atomic E-state index is 0.183. The molecule has 3 aromatic rings. The highest BCUT2D eigenvalue weighted by Gasteiger charge is 2.44. The number of furan rings is 1. The number of amides is 1. The van der Waals surface area contributed by atoms with Crippen LogP contribution in [0.15, 0.2) is 45.9 Å². The minimum atomic E-state index is -2.66. The summed E-state index contributed by atoms with van der Waals surface area (Å²) in [5, 5.41) is 4.22. The standard InChI is InChI=1S/C29H34F2N4O2S/c1-19(2)38-21-3-4-22(23(18-21)34-12-8-28(6-7-28)9-13-34)27(36)33-24-17-20-5-16-37-25(20)26(32-24)35-14-10-29(30,31)11-15-35/h3-5,16-19H,6-15H2,1-2H3,(H,32,33,36). The van der Waals surface area contributed by atoms with E-state index in [1.807, 2.05) is 17.0 Å². The Morgan fingerprint density at radius 1 is 1.00 bits per heavy atom. The van der Waals surface area contributed by atoms with Crippen molar-refractivity contribution in [2.75, 3.05) is 41.3 Å².